The first kappa shape index (κ1) is 15.4. The zero-order chi connectivity index (χ0) is 16.5. The Hall–Kier alpha value is -2.10. The number of likely N-dealkylation sites (N-methyl/N-ethyl adjacent to an activating group) is 1. The zero-order valence-electron chi connectivity index (χ0n) is 14.7. The van der Waals surface area contributed by atoms with Crippen molar-refractivity contribution in [2.75, 3.05) is 33.2 Å². The van der Waals surface area contributed by atoms with Crippen LogP contribution in [-0.2, 0) is 6.54 Å². The first-order valence-corrected chi connectivity index (χ1v) is 9.03. The summed E-state index contributed by atoms with van der Waals surface area (Å²) in [5, 5.41) is 0. The Bertz CT molecular complexity index is 827. The molecule has 0 radical (unpaired) electrons. The van der Waals surface area contributed by atoms with Crippen molar-refractivity contribution < 1.29 is 9.80 Å². The van der Waals surface area contributed by atoms with Gasteiger partial charge in [-0.1, -0.05) is 36.4 Å². The SMILES string of the molecule is Cc1c(-c2ccccc2)c(C[NH+]2CC[NH+](C)CC2)n2ccccc12. The summed E-state index contributed by atoms with van der Waals surface area (Å²) in [4.78, 5) is 3.37. The third-order valence-electron chi connectivity index (χ3n) is 5.49. The summed E-state index contributed by atoms with van der Waals surface area (Å²) in [6, 6.07) is 17.4. The molecule has 0 bridgehead atoms. The number of pyridine rings is 1. The molecular formula is C21H27N3+2. The summed E-state index contributed by atoms with van der Waals surface area (Å²) < 4.78 is 2.41. The molecule has 3 aromatic rings. The minimum absolute atomic E-state index is 1.11. The van der Waals surface area contributed by atoms with E-state index in [4.69, 9.17) is 0 Å². The Balaban J connectivity index is 1.80. The van der Waals surface area contributed by atoms with Crippen molar-refractivity contribution in [3.63, 3.8) is 0 Å². The highest BCUT2D eigenvalue weighted by Gasteiger charge is 2.24. The molecule has 0 atom stereocenters. The van der Waals surface area contributed by atoms with Crippen molar-refractivity contribution in [3.05, 3.63) is 66.0 Å². The van der Waals surface area contributed by atoms with Crippen LogP contribution in [0.2, 0.25) is 0 Å². The number of quaternary nitrogens is 2. The lowest BCUT2D eigenvalue weighted by Gasteiger charge is -2.27. The van der Waals surface area contributed by atoms with Crippen LogP contribution < -0.4 is 9.80 Å². The Labute approximate surface area is 144 Å². The van der Waals surface area contributed by atoms with Crippen LogP contribution in [0.25, 0.3) is 16.6 Å². The van der Waals surface area contributed by atoms with Gasteiger partial charge in [-0.05, 0) is 30.2 Å². The average molecular weight is 321 g/mol. The number of benzene rings is 1. The highest BCUT2D eigenvalue weighted by atomic mass is 15.2. The maximum absolute atomic E-state index is 2.41. The highest BCUT2D eigenvalue weighted by molar-refractivity contribution is 5.79. The van der Waals surface area contributed by atoms with Crippen LogP contribution >= 0.6 is 0 Å². The van der Waals surface area contributed by atoms with Crippen molar-refractivity contribution in [1.82, 2.24) is 4.40 Å². The van der Waals surface area contributed by atoms with Crippen molar-refractivity contribution in [2.45, 2.75) is 13.5 Å². The Morgan fingerprint density at radius 1 is 0.917 bits per heavy atom. The van der Waals surface area contributed by atoms with Crippen LogP contribution in [0.15, 0.2) is 54.7 Å². The van der Waals surface area contributed by atoms with E-state index in [0.717, 1.165) is 6.54 Å². The summed E-state index contributed by atoms with van der Waals surface area (Å²) in [6.45, 7) is 8.45. The molecule has 1 saturated heterocycles. The van der Waals surface area contributed by atoms with E-state index in [1.54, 1.807) is 9.80 Å². The zero-order valence-corrected chi connectivity index (χ0v) is 14.7. The number of nitrogens with zero attached hydrogens (tertiary/aromatic N) is 1. The van der Waals surface area contributed by atoms with E-state index in [-0.39, 0.29) is 0 Å². The predicted molar refractivity (Wildman–Crippen MR) is 98.6 cm³/mol. The van der Waals surface area contributed by atoms with Gasteiger partial charge in [-0.25, -0.2) is 0 Å². The molecule has 4 rings (SSSR count). The van der Waals surface area contributed by atoms with Crippen LogP contribution in [0.3, 0.4) is 0 Å². The molecular weight excluding hydrogens is 294 g/mol. The van der Waals surface area contributed by atoms with E-state index in [9.17, 15) is 0 Å². The topological polar surface area (TPSA) is 13.3 Å². The van der Waals surface area contributed by atoms with E-state index in [1.165, 1.54) is 54.1 Å². The summed E-state index contributed by atoms with van der Waals surface area (Å²) in [7, 11) is 2.31. The molecule has 2 N–H and O–H groups in total. The van der Waals surface area contributed by atoms with Gasteiger partial charge in [0.1, 0.15) is 32.7 Å². The minimum atomic E-state index is 1.11. The van der Waals surface area contributed by atoms with Crippen LogP contribution in [0.1, 0.15) is 11.3 Å². The highest BCUT2D eigenvalue weighted by Crippen LogP contribution is 2.32. The number of nitrogens with one attached hydrogen (secondary N) is 2. The number of fused-ring (bicyclic) bond motifs is 1. The van der Waals surface area contributed by atoms with Gasteiger partial charge in [0.05, 0.1) is 12.7 Å². The standard InChI is InChI=1S/C21H25N3/c1-17-19-10-6-7-11-24(19)20(16-23-14-12-22(2)13-15-23)21(17)18-8-4-3-5-9-18/h3-11H,12-16H2,1-2H3/p+2. The van der Waals surface area contributed by atoms with Crippen LogP contribution in [0.5, 0.6) is 0 Å². The van der Waals surface area contributed by atoms with Gasteiger partial charge in [0.2, 0.25) is 0 Å². The normalized spacial score (nSPS) is 21.2. The van der Waals surface area contributed by atoms with Crippen molar-refractivity contribution in [3.8, 4) is 11.1 Å². The first-order valence-electron chi connectivity index (χ1n) is 9.03. The third kappa shape index (κ3) is 2.74. The van der Waals surface area contributed by atoms with Crippen molar-refractivity contribution in [1.29, 1.82) is 0 Å². The fourth-order valence-electron chi connectivity index (χ4n) is 4.05. The second-order valence-electron chi connectivity index (χ2n) is 7.15. The molecule has 0 spiro atoms. The van der Waals surface area contributed by atoms with E-state index in [2.05, 4.69) is 73.1 Å². The molecule has 0 unspecified atom stereocenters. The molecule has 3 heteroatoms. The van der Waals surface area contributed by atoms with Gasteiger partial charge in [-0.15, -0.1) is 0 Å². The van der Waals surface area contributed by atoms with Crippen molar-refractivity contribution in [2.24, 2.45) is 0 Å². The van der Waals surface area contributed by atoms with Gasteiger partial charge < -0.3 is 14.2 Å². The number of rotatable bonds is 3. The number of hydrogen-bond acceptors (Lipinski definition) is 0. The van der Waals surface area contributed by atoms with Crippen LogP contribution in [0, 0.1) is 6.92 Å². The number of piperazine rings is 1. The van der Waals surface area contributed by atoms with Gasteiger partial charge in [0.15, 0.2) is 0 Å². The molecule has 2 aromatic heterocycles. The molecule has 0 aliphatic carbocycles. The second-order valence-corrected chi connectivity index (χ2v) is 7.15. The fourth-order valence-corrected chi connectivity index (χ4v) is 4.05. The molecule has 3 nitrogen and oxygen atoms in total. The van der Waals surface area contributed by atoms with E-state index in [1.807, 2.05) is 0 Å². The fraction of sp³-hybridized carbons (Fsp3) is 0.333. The summed E-state index contributed by atoms with van der Waals surface area (Å²) in [6.07, 6.45) is 2.23. The molecule has 124 valence electrons. The Morgan fingerprint density at radius 3 is 2.38 bits per heavy atom. The molecule has 3 heterocycles. The van der Waals surface area contributed by atoms with E-state index >= 15 is 0 Å². The van der Waals surface area contributed by atoms with Gasteiger partial charge in [-0.3, -0.25) is 0 Å². The van der Waals surface area contributed by atoms with Gasteiger partial charge in [-0.2, -0.15) is 0 Å². The summed E-state index contributed by atoms with van der Waals surface area (Å²) >= 11 is 0. The van der Waals surface area contributed by atoms with Crippen LogP contribution in [-0.4, -0.2) is 37.6 Å². The van der Waals surface area contributed by atoms with Crippen molar-refractivity contribution >= 4 is 5.52 Å². The van der Waals surface area contributed by atoms with Gasteiger partial charge >= 0.3 is 0 Å². The average Bonchev–Trinajstić information content (AvgIpc) is 2.90. The van der Waals surface area contributed by atoms with E-state index < -0.39 is 0 Å². The smallest absolute Gasteiger partial charge is 0.127 e. The molecule has 1 aliphatic rings. The summed E-state index contributed by atoms with van der Waals surface area (Å²) in [5.41, 5.74) is 6.97. The van der Waals surface area contributed by atoms with E-state index in [0.29, 0.717) is 0 Å². The lowest BCUT2D eigenvalue weighted by atomic mass is 10.0. The number of aromatic nitrogens is 1. The van der Waals surface area contributed by atoms with Gasteiger partial charge in [0.25, 0.3) is 0 Å². The molecule has 1 fully saturated rings. The third-order valence-corrected chi connectivity index (χ3v) is 5.49. The number of aryl methyl sites for hydroxylation is 1. The monoisotopic (exact) mass is 321 g/mol. The lowest BCUT2D eigenvalue weighted by molar-refractivity contribution is -1.01. The Morgan fingerprint density at radius 2 is 1.62 bits per heavy atom. The minimum Gasteiger partial charge on any atom is -0.328 e. The summed E-state index contributed by atoms with van der Waals surface area (Å²) in [5.74, 6) is 0. The van der Waals surface area contributed by atoms with Crippen LogP contribution in [0.4, 0.5) is 0 Å². The molecule has 0 saturated carbocycles. The molecule has 1 aromatic carbocycles. The Kier molecular flexibility index (Phi) is 4.13. The first-order chi connectivity index (χ1) is 11.7. The second kappa shape index (κ2) is 6.42. The molecule has 1 aliphatic heterocycles. The molecule has 0 amide bonds. The maximum atomic E-state index is 2.41. The predicted octanol–water partition coefficient (Wildman–Crippen LogP) is 0.828. The quantitative estimate of drug-likeness (QED) is 0.709. The van der Waals surface area contributed by atoms with Gasteiger partial charge in [0, 0.05) is 17.3 Å². The maximum Gasteiger partial charge on any atom is 0.127 e. The lowest BCUT2D eigenvalue weighted by Crippen LogP contribution is -3.26. The molecule has 24 heavy (non-hydrogen) atoms. The number of hydrogen-bond donors (Lipinski definition) is 2. The largest absolute Gasteiger partial charge is 0.328 e.